The standard InChI is InChI=1S/C16H13N2/c1-2-7-14-13(6-1)15-8-3-4-10-17(15)12-18-11-5-9-16(14)18/h1-11H,12H2/q+1. The van der Waals surface area contributed by atoms with E-state index in [-0.39, 0.29) is 0 Å². The van der Waals surface area contributed by atoms with Crippen LogP contribution in [-0.4, -0.2) is 4.57 Å². The van der Waals surface area contributed by atoms with Crippen molar-refractivity contribution in [2.75, 3.05) is 0 Å². The second kappa shape index (κ2) is 3.57. The summed E-state index contributed by atoms with van der Waals surface area (Å²) in [6.07, 6.45) is 4.28. The van der Waals surface area contributed by atoms with Gasteiger partial charge in [-0.15, -0.1) is 0 Å². The third-order valence-electron chi connectivity index (χ3n) is 3.55. The lowest BCUT2D eigenvalue weighted by Gasteiger charge is -2.03. The van der Waals surface area contributed by atoms with Gasteiger partial charge in [0.25, 0.3) is 0 Å². The molecule has 0 N–H and O–H groups in total. The summed E-state index contributed by atoms with van der Waals surface area (Å²) < 4.78 is 4.57. The Labute approximate surface area is 106 Å². The van der Waals surface area contributed by atoms with Gasteiger partial charge in [0.1, 0.15) is 0 Å². The summed E-state index contributed by atoms with van der Waals surface area (Å²) in [7, 11) is 0. The zero-order valence-electron chi connectivity index (χ0n) is 9.95. The Bertz CT molecular complexity index is 725. The van der Waals surface area contributed by atoms with Crippen LogP contribution in [0, 0.1) is 0 Å². The van der Waals surface area contributed by atoms with E-state index >= 15 is 0 Å². The number of aromatic nitrogens is 2. The van der Waals surface area contributed by atoms with Gasteiger partial charge in [-0.1, -0.05) is 18.2 Å². The Morgan fingerprint density at radius 3 is 2.61 bits per heavy atom. The van der Waals surface area contributed by atoms with E-state index in [0.717, 1.165) is 6.67 Å². The largest absolute Gasteiger partial charge is 0.292 e. The van der Waals surface area contributed by atoms with Gasteiger partial charge in [-0.2, -0.15) is 4.57 Å². The van der Waals surface area contributed by atoms with Crippen LogP contribution >= 0.6 is 0 Å². The maximum Gasteiger partial charge on any atom is 0.228 e. The quantitative estimate of drug-likeness (QED) is 0.413. The van der Waals surface area contributed by atoms with Gasteiger partial charge in [0, 0.05) is 23.9 Å². The SMILES string of the molecule is c1ccc2c(c1)-c1cccn1C[n+]1ccccc1-2. The van der Waals surface area contributed by atoms with E-state index in [2.05, 4.69) is 76.1 Å². The van der Waals surface area contributed by atoms with Gasteiger partial charge in [0.15, 0.2) is 6.20 Å². The molecule has 0 aliphatic carbocycles. The fourth-order valence-corrected chi connectivity index (χ4v) is 2.72. The predicted octanol–water partition coefficient (Wildman–Crippen LogP) is 2.93. The first-order chi connectivity index (χ1) is 8.93. The number of hydrogen-bond acceptors (Lipinski definition) is 0. The van der Waals surface area contributed by atoms with E-state index in [1.807, 2.05) is 0 Å². The molecule has 1 aliphatic rings. The highest BCUT2D eigenvalue weighted by Crippen LogP contribution is 2.32. The van der Waals surface area contributed by atoms with Crippen molar-refractivity contribution in [3.8, 4) is 22.5 Å². The maximum absolute atomic E-state index is 2.29. The van der Waals surface area contributed by atoms with Crippen LogP contribution < -0.4 is 4.57 Å². The van der Waals surface area contributed by atoms with Crippen LogP contribution in [0.25, 0.3) is 22.5 Å². The molecule has 18 heavy (non-hydrogen) atoms. The Morgan fingerprint density at radius 2 is 1.67 bits per heavy atom. The van der Waals surface area contributed by atoms with Crippen LogP contribution in [0.15, 0.2) is 67.0 Å². The number of fused-ring (bicyclic) bond motifs is 5. The highest BCUT2D eigenvalue weighted by atomic mass is 15.2. The molecule has 1 aliphatic heterocycles. The van der Waals surface area contributed by atoms with E-state index in [4.69, 9.17) is 0 Å². The first-order valence-electron chi connectivity index (χ1n) is 6.17. The minimum absolute atomic E-state index is 0.868. The lowest BCUT2D eigenvalue weighted by molar-refractivity contribution is -0.690. The van der Waals surface area contributed by atoms with Crippen molar-refractivity contribution in [2.45, 2.75) is 6.67 Å². The van der Waals surface area contributed by atoms with Crippen molar-refractivity contribution in [3.63, 3.8) is 0 Å². The fourth-order valence-electron chi connectivity index (χ4n) is 2.72. The molecule has 2 aromatic heterocycles. The lowest BCUT2D eigenvalue weighted by Crippen LogP contribution is -2.38. The van der Waals surface area contributed by atoms with E-state index in [0.29, 0.717) is 0 Å². The van der Waals surface area contributed by atoms with Crippen molar-refractivity contribution in [1.29, 1.82) is 0 Å². The molecule has 0 atom stereocenters. The van der Waals surface area contributed by atoms with Gasteiger partial charge in [-0.3, -0.25) is 4.57 Å². The molecule has 3 heterocycles. The number of pyridine rings is 1. The summed E-state index contributed by atoms with van der Waals surface area (Å²) in [5.41, 5.74) is 5.17. The molecule has 2 heteroatoms. The van der Waals surface area contributed by atoms with E-state index in [1.54, 1.807) is 0 Å². The van der Waals surface area contributed by atoms with Crippen LogP contribution in [0.3, 0.4) is 0 Å². The molecule has 0 saturated carbocycles. The number of hydrogen-bond donors (Lipinski definition) is 0. The third kappa shape index (κ3) is 1.26. The van der Waals surface area contributed by atoms with E-state index in [9.17, 15) is 0 Å². The van der Waals surface area contributed by atoms with Gasteiger partial charge >= 0.3 is 0 Å². The zero-order valence-corrected chi connectivity index (χ0v) is 9.95. The third-order valence-corrected chi connectivity index (χ3v) is 3.55. The monoisotopic (exact) mass is 233 g/mol. The second-order valence-corrected chi connectivity index (χ2v) is 4.61. The first-order valence-corrected chi connectivity index (χ1v) is 6.17. The average molecular weight is 233 g/mol. The summed E-state index contributed by atoms with van der Waals surface area (Å²) in [5, 5.41) is 0. The molecular weight excluding hydrogens is 220 g/mol. The van der Waals surface area contributed by atoms with Crippen molar-refractivity contribution in [1.82, 2.24) is 4.57 Å². The minimum atomic E-state index is 0.868. The van der Waals surface area contributed by atoms with Crippen LogP contribution in [0.4, 0.5) is 0 Å². The molecule has 86 valence electrons. The molecule has 0 bridgehead atoms. The Hall–Kier alpha value is -2.35. The molecule has 3 aromatic rings. The number of nitrogens with zero attached hydrogens (tertiary/aromatic N) is 2. The van der Waals surface area contributed by atoms with Crippen molar-refractivity contribution < 1.29 is 4.57 Å². The van der Waals surface area contributed by atoms with Gasteiger partial charge in [0.05, 0.1) is 11.3 Å². The Morgan fingerprint density at radius 1 is 0.833 bits per heavy atom. The Balaban J connectivity index is 2.13. The van der Waals surface area contributed by atoms with Gasteiger partial charge in [-0.25, -0.2) is 0 Å². The normalized spacial score (nSPS) is 12.2. The summed E-state index contributed by atoms with van der Waals surface area (Å²) in [6, 6.07) is 19.3. The molecule has 0 amide bonds. The van der Waals surface area contributed by atoms with Crippen LogP contribution in [-0.2, 0) is 6.67 Å². The number of benzene rings is 1. The smallest absolute Gasteiger partial charge is 0.228 e. The molecule has 0 fully saturated rings. The van der Waals surface area contributed by atoms with Crippen molar-refractivity contribution in [3.05, 3.63) is 67.0 Å². The first kappa shape index (κ1) is 9.66. The number of rotatable bonds is 0. The Kier molecular flexibility index (Phi) is 1.92. The van der Waals surface area contributed by atoms with E-state index in [1.165, 1.54) is 22.5 Å². The average Bonchev–Trinajstić information content (AvgIpc) is 2.83. The molecule has 0 saturated heterocycles. The van der Waals surface area contributed by atoms with Crippen LogP contribution in [0.1, 0.15) is 0 Å². The molecule has 0 radical (unpaired) electrons. The van der Waals surface area contributed by atoms with Crippen LogP contribution in [0.2, 0.25) is 0 Å². The second-order valence-electron chi connectivity index (χ2n) is 4.61. The topological polar surface area (TPSA) is 8.81 Å². The molecule has 4 rings (SSSR count). The summed E-state index contributed by atoms with van der Waals surface area (Å²) >= 11 is 0. The molecule has 1 aromatic carbocycles. The maximum atomic E-state index is 2.29. The minimum Gasteiger partial charge on any atom is -0.292 e. The van der Waals surface area contributed by atoms with Crippen LogP contribution in [0.5, 0.6) is 0 Å². The van der Waals surface area contributed by atoms with E-state index < -0.39 is 0 Å². The van der Waals surface area contributed by atoms with Gasteiger partial charge in [0.2, 0.25) is 12.4 Å². The summed E-state index contributed by atoms with van der Waals surface area (Å²) in [6.45, 7) is 0.868. The highest BCUT2D eigenvalue weighted by molar-refractivity contribution is 5.79. The molecule has 0 unspecified atom stereocenters. The van der Waals surface area contributed by atoms with Crippen molar-refractivity contribution in [2.24, 2.45) is 0 Å². The zero-order chi connectivity index (χ0) is 11.9. The van der Waals surface area contributed by atoms with Gasteiger partial charge < -0.3 is 0 Å². The molecular formula is C16H13N2+. The molecule has 0 spiro atoms. The summed E-state index contributed by atoms with van der Waals surface area (Å²) in [5.74, 6) is 0. The highest BCUT2D eigenvalue weighted by Gasteiger charge is 2.22. The molecule has 2 nitrogen and oxygen atoms in total. The summed E-state index contributed by atoms with van der Waals surface area (Å²) in [4.78, 5) is 0. The predicted molar refractivity (Wildman–Crippen MR) is 70.9 cm³/mol. The van der Waals surface area contributed by atoms with Crippen molar-refractivity contribution >= 4 is 0 Å². The van der Waals surface area contributed by atoms with Gasteiger partial charge in [-0.05, 0) is 24.3 Å². The lowest BCUT2D eigenvalue weighted by atomic mass is 10.0. The fraction of sp³-hybridized carbons (Fsp3) is 0.0625.